The Labute approximate surface area is 164 Å². The highest BCUT2D eigenvalue weighted by molar-refractivity contribution is 8.00. The molecule has 1 aromatic heterocycles. The molecule has 28 heavy (non-hydrogen) atoms. The molecule has 10 nitrogen and oxygen atoms in total. The van der Waals surface area contributed by atoms with Crippen LogP contribution in [0, 0.1) is 0 Å². The maximum atomic E-state index is 12.1. The van der Waals surface area contributed by atoms with E-state index in [9.17, 15) is 14.4 Å². The van der Waals surface area contributed by atoms with Gasteiger partial charge in [0, 0.05) is 0 Å². The van der Waals surface area contributed by atoms with Crippen LogP contribution in [0.25, 0.3) is 0 Å². The van der Waals surface area contributed by atoms with E-state index in [1.54, 1.807) is 25.1 Å². The first-order chi connectivity index (χ1) is 13.4. The van der Waals surface area contributed by atoms with Crippen molar-refractivity contribution in [3.05, 3.63) is 44.6 Å². The number of hydrazone groups is 1. The molecule has 0 radical (unpaired) electrons. The van der Waals surface area contributed by atoms with Crippen molar-refractivity contribution in [1.29, 1.82) is 0 Å². The summed E-state index contributed by atoms with van der Waals surface area (Å²) in [5.74, 6) is 0.797. The molecule has 2 aromatic rings. The Morgan fingerprint density at radius 2 is 2.00 bits per heavy atom. The quantitative estimate of drug-likeness (QED) is 0.319. The lowest BCUT2D eigenvalue weighted by Crippen LogP contribution is -2.30. The van der Waals surface area contributed by atoms with Crippen LogP contribution in [0.15, 0.2) is 37.9 Å². The fourth-order valence-corrected chi connectivity index (χ4v) is 2.80. The number of aromatic amines is 2. The standard InChI is InChI=1S/C17H21N5O5S/c1-4-26-12-7-6-11(8-13(12)27-5-2)9-18-20-14(23)10(3)28-16-15(24)19-17(25)22-21-16/h6-10H,4-5H2,1-3H3,(H,20,23)(H2,19,22,24,25)/b18-9+. The lowest BCUT2D eigenvalue weighted by atomic mass is 10.2. The Bertz CT molecular complexity index is 955. The minimum absolute atomic E-state index is 0.0147. The van der Waals surface area contributed by atoms with Crippen molar-refractivity contribution >= 4 is 23.9 Å². The predicted octanol–water partition coefficient (Wildman–Crippen LogP) is 0.886. The van der Waals surface area contributed by atoms with E-state index in [4.69, 9.17) is 9.47 Å². The van der Waals surface area contributed by atoms with E-state index < -0.39 is 22.4 Å². The zero-order valence-electron chi connectivity index (χ0n) is 15.6. The van der Waals surface area contributed by atoms with Crippen LogP contribution in [0.5, 0.6) is 11.5 Å². The monoisotopic (exact) mass is 407 g/mol. The van der Waals surface area contributed by atoms with E-state index in [1.165, 1.54) is 6.21 Å². The van der Waals surface area contributed by atoms with E-state index in [-0.39, 0.29) is 5.03 Å². The Morgan fingerprint density at radius 3 is 2.68 bits per heavy atom. The molecule has 0 spiro atoms. The average molecular weight is 407 g/mol. The van der Waals surface area contributed by atoms with Gasteiger partial charge in [0.25, 0.3) is 11.5 Å². The number of rotatable bonds is 9. The van der Waals surface area contributed by atoms with Gasteiger partial charge in [-0.1, -0.05) is 11.8 Å². The molecule has 1 atom stereocenters. The number of hydrogen-bond donors (Lipinski definition) is 3. The summed E-state index contributed by atoms with van der Waals surface area (Å²) in [7, 11) is 0. The first-order valence-corrected chi connectivity index (χ1v) is 9.40. The third-order valence-electron chi connectivity index (χ3n) is 3.29. The highest BCUT2D eigenvalue weighted by Crippen LogP contribution is 2.28. The maximum absolute atomic E-state index is 12.1. The van der Waals surface area contributed by atoms with Gasteiger partial charge < -0.3 is 9.47 Å². The summed E-state index contributed by atoms with van der Waals surface area (Å²) in [5, 5.41) is 8.98. The number of nitrogens with one attached hydrogen (secondary N) is 3. The summed E-state index contributed by atoms with van der Waals surface area (Å²) in [5.41, 5.74) is 1.75. The number of amides is 1. The van der Waals surface area contributed by atoms with E-state index in [0.717, 1.165) is 11.8 Å². The Morgan fingerprint density at radius 1 is 1.29 bits per heavy atom. The third kappa shape index (κ3) is 5.98. The number of carbonyl (C=O) groups is 1. The number of nitrogens with zero attached hydrogens (tertiary/aromatic N) is 2. The smallest absolute Gasteiger partial charge is 0.342 e. The average Bonchev–Trinajstić information content (AvgIpc) is 2.66. The van der Waals surface area contributed by atoms with Crippen molar-refractivity contribution in [1.82, 2.24) is 20.6 Å². The van der Waals surface area contributed by atoms with E-state index in [0.29, 0.717) is 30.3 Å². The maximum Gasteiger partial charge on any atom is 0.342 e. The van der Waals surface area contributed by atoms with Crippen LogP contribution in [0.4, 0.5) is 0 Å². The molecule has 2 rings (SSSR count). The molecule has 0 saturated heterocycles. The van der Waals surface area contributed by atoms with Gasteiger partial charge in [-0.2, -0.15) is 10.2 Å². The van der Waals surface area contributed by atoms with Gasteiger partial charge in [0.2, 0.25) is 0 Å². The fourth-order valence-electron chi connectivity index (χ4n) is 2.05. The molecule has 3 N–H and O–H groups in total. The number of carbonyl (C=O) groups excluding carboxylic acids is 1. The minimum Gasteiger partial charge on any atom is -0.490 e. The number of hydrogen-bond acceptors (Lipinski definition) is 8. The molecule has 1 heterocycles. The van der Waals surface area contributed by atoms with Gasteiger partial charge in [-0.3, -0.25) is 14.6 Å². The summed E-state index contributed by atoms with van der Waals surface area (Å²) >= 11 is 0.902. The van der Waals surface area contributed by atoms with Crippen LogP contribution >= 0.6 is 11.8 Å². The number of thioether (sulfide) groups is 1. The Kier molecular flexibility index (Phi) is 7.81. The summed E-state index contributed by atoms with van der Waals surface area (Å²) in [6.45, 7) is 6.36. The zero-order chi connectivity index (χ0) is 20.5. The Hall–Kier alpha value is -3.08. The molecule has 1 unspecified atom stereocenters. The van der Waals surface area contributed by atoms with E-state index in [2.05, 4.69) is 20.7 Å². The normalized spacial score (nSPS) is 12.0. The second-order valence-electron chi connectivity index (χ2n) is 5.38. The first-order valence-electron chi connectivity index (χ1n) is 8.52. The summed E-state index contributed by atoms with van der Waals surface area (Å²) < 4.78 is 11.0. The van der Waals surface area contributed by atoms with Crippen molar-refractivity contribution in [2.24, 2.45) is 5.10 Å². The van der Waals surface area contributed by atoms with Crippen molar-refractivity contribution in [3.8, 4) is 11.5 Å². The largest absolute Gasteiger partial charge is 0.490 e. The summed E-state index contributed by atoms with van der Waals surface area (Å²) in [6.07, 6.45) is 1.47. The third-order valence-corrected chi connectivity index (χ3v) is 4.36. The van der Waals surface area contributed by atoms with Crippen molar-refractivity contribution in [2.75, 3.05) is 13.2 Å². The Balaban J connectivity index is 1.99. The molecule has 0 bridgehead atoms. The molecule has 0 aliphatic heterocycles. The molecule has 11 heteroatoms. The molecule has 0 aliphatic carbocycles. The van der Waals surface area contributed by atoms with Gasteiger partial charge in [-0.15, -0.1) is 0 Å². The van der Waals surface area contributed by atoms with Gasteiger partial charge in [-0.05, 0) is 44.5 Å². The topological polar surface area (TPSA) is 139 Å². The minimum atomic E-state index is -0.710. The predicted molar refractivity (Wildman–Crippen MR) is 105 cm³/mol. The van der Waals surface area contributed by atoms with Crippen LogP contribution in [-0.4, -0.2) is 45.8 Å². The summed E-state index contributed by atoms with van der Waals surface area (Å²) in [4.78, 5) is 36.7. The van der Waals surface area contributed by atoms with Gasteiger partial charge in [0.15, 0.2) is 16.5 Å². The van der Waals surface area contributed by atoms with Crippen LogP contribution in [0.2, 0.25) is 0 Å². The van der Waals surface area contributed by atoms with Crippen molar-refractivity contribution in [2.45, 2.75) is 31.0 Å². The first kappa shape index (κ1) is 21.2. The SMILES string of the molecule is CCOc1ccc(/C=N/NC(=O)C(C)Sc2n[nH]c(=O)[nH]c2=O)cc1OCC. The van der Waals surface area contributed by atoms with E-state index >= 15 is 0 Å². The van der Waals surface area contributed by atoms with Crippen LogP contribution in [0.1, 0.15) is 26.3 Å². The second kappa shape index (κ2) is 10.3. The van der Waals surface area contributed by atoms with E-state index in [1.807, 2.05) is 18.8 Å². The van der Waals surface area contributed by atoms with Crippen LogP contribution in [0.3, 0.4) is 0 Å². The van der Waals surface area contributed by atoms with Gasteiger partial charge in [0.05, 0.1) is 24.7 Å². The highest BCUT2D eigenvalue weighted by atomic mass is 32.2. The summed E-state index contributed by atoms with van der Waals surface area (Å²) in [6, 6.07) is 5.31. The molecular weight excluding hydrogens is 386 g/mol. The molecular formula is C17H21N5O5S. The zero-order valence-corrected chi connectivity index (χ0v) is 16.5. The second-order valence-corrected chi connectivity index (χ2v) is 6.71. The fraction of sp³-hybridized carbons (Fsp3) is 0.353. The highest BCUT2D eigenvalue weighted by Gasteiger charge is 2.17. The lowest BCUT2D eigenvalue weighted by molar-refractivity contribution is -0.120. The number of ether oxygens (including phenoxy) is 2. The van der Waals surface area contributed by atoms with Crippen molar-refractivity contribution in [3.63, 3.8) is 0 Å². The lowest BCUT2D eigenvalue weighted by Gasteiger charge is -2.11. The molecule has 0 saturated carbocycles. The van der Waals surface area contributed by atoms with Crippen LogP contribution in [-0.2, 0) is 4.79 Å². The van der Waals surface area contributed by atoms with Gasteiger partial charge in [-0.25, -0.2) is 15.3 Å². The number of H-pyrrole nitrogens is 2. The molecule has 0 fully saturated rings. The number of aromatic nitrogens is 3. The molecule has 150 valence electrons. The van der Waals surface area contributed by atoms with Crippen molar-refractivity contribution < 1.29 is 14.3 Å². The number of benzene rings is 1. The van der Waals surface area contributed by atoms with Crippen LogP contribution < -0.4 is 26.1 Å². The van der Waals surface area contributed by atoms with Gasteiger partial charge >= 0.3 is 5.69 Å². The van der Waals surface area contributed by atoms with Gasteiger partial charge in [0.1, 0.15) is 0 Å². The molecule has 0 aliphatic rings. The molecule has 1 amide bonds. The molecule has 1 aromatic carbocycles.